The van der Waals surface area contributed by atoms with E-state index in [0.717, 1.165) is 51.0 Å². The second-order valence-electron chi connectivity index (χ2n) is 6.78. The topological polar surface area (TPSA) is 53.0 Å². The molecule has 3 aliphatic rings. The highest BCUT2D eigenvalue weighted by Crippen LogP contribution is 2.34. The summed E-state index contributed by atoms with van der Waals surface area (Å²) in [7, 11) is 0. The van der Waals surface area contributed by atoms with Crippen LogP contribution in [0.25, 0.3) is 0 Å². The van der Waals surface area contributed by atoms with Crippen LogP contribution >= 0.6 is 0 Å². The number of fused-ring (bicyclic) bond motifs is 1. The minimum Gasteiger partial charge on any atom is -0.387 e. The number of hydrogen-bond acceptors (Lipinski definition) is 4. The number of ether oxygens (including phenoxy) is 1. The Morgan fingerprint density at radius 3 is 2.65 bits per heavy atom. The maximum absolute atomic E-state index is 12.4. The highest BCUT2D eigenvalue weighted by atomic mass is 16.5. The molecule has 0 bridgehead atoms. The van der Waals surface area contributed by atoms with Crippen molar-refractivity contribution in [3.63, 3.8) is 0 Å². The molecule has 3 unspecified atom stereocenters. The zero-order valence-corrected chi connectivity index (χ0v) is 13.4. The molecule has 2 fully saturated rings. The molecule has 2 saturated heterocycles. The molecule has 1 N–H and O–H groups in total. The van der Waals surface area contributed by atoms with Crippen molar-refractivity contribution in [2.75, 3.05) is 32.8 Å². The van der Waals surface area contributed by atoms with E-state index < -0.39 is 6.10 Å². The first kappa shape index (κ1) is 15.1. The average Bonchev–Trinajstić information content (AvgIpc) is 3.23. The molecule has 5 nitrogen and oxygen atoms in total. The summed E-state index contributed by atoms with van der Waals surface area (Å²) in [5.74, 6) is 0.150. The minimum atomic E-state index is -0.411. The third-order valence-electron chi connectivity index (χ3n) is 5.47. The standard InChI is InChI=1S/C18H24N2O3/c21-17-14-5-2-1-4-13(14)12-15(17)19-7-9-20(10-8-19)18(22)16-6-3-11-23-16/h1-2,4-5,15-17,21H,3,6-12H2. The number of aliphatic hydroxyl groups excluding tert-OH is 1. The van der Waals surface area contributed by atoms with Gasteiger partial charge in [0.2, 0.25) is 0 Å². The molecule has 1 aromatic rings. The van der Waals surface area contributed by atoms with Crippen LogP contribution in [0.5, 0.6) is 0 Å². The van der Waals surface area contributed by atoms with E-state index in [1.807, 2.05) is 23.1 Å². The number of aliphatic hydroxyl groups is 1. The van der Waals surface area contributed by atoms with Crippen LogP contribution in [-0.2, 0) is 16.0 Å². The van der Waals surface area contributed by atoms with E-state index in [-0.39, 0.29) is 18.1 Å². The Hall–Kier alpha value is -1.43. The quantitative estimate of drug-likeness (QED) is 0.883. The van der Waals surface area contributed by atoms with Crippen LogP contribution < -0.4 is 0 Å². The summed E-state index contributed by atoms with van der Waals surface area (Å²) >= 11 is 0. The molecule has 0 aromatic heterocycles. The molecule has 5 heteroatoms. The second-order valence-corrected chi connectivity index (χ2v) is 6.78. The number of hydrogen-bond donors (Lipinski definition) is 1. The van der Waals surface area contributed by atoms with E-state index in [2.05, 4.69) is 11.0 Å². The maximum Gasteiger partial charge on any atom is 0.251 e. The molecular formula is C18H24N2O3. The first-order chi connectivity index (χ1) is 11.2. The van der Waals surface area contributed by atoms with E-state index in [1.165, 1.54) is 5.56 Å². The lowest BCUT2D eigenvalue weighted by molar-refractivity contribution is -0.143. The Morgan fingerprint density at radius 2 is 1.96 bits per heavy atom. The summed E-state index contributed by atoms with van der Waals surface area (Å²) < 4.78 is 5.51. The van der Waals surface area contributed by atoms with Gasteiger partial charge in [-0.05, 0) is 30.4 Å². The first-order valence-corrected chi connectivity index (χ1v) is 8.64. The summed E-state index contributed by atoms with van der Waals surface area (Å²) in [6.45, 7) is 3.84. The molecule has 1 aliphatic carbocycles. The van der Waals surface area contributed by atoms with Crippen molar-refractivity contribution in [1.82, 2.24) is 9.80 Å². The summed E-state index contributed by atoms with van der Waals surface area (Å²) in [5, 5.41) is 10.6. The average molecular weight is 316 g/mol. The van der Waals surface area contributed by atoms with Gasteiger partial charge >= 0.3 is 0 Å². The molecule has 1 aromatic carbocycles. The molecule has 3 atom stereocenters. The van der Waals surface area contributed by atoms with Crippen molar-refractivity contribution in [3.05, 3.63) is 35.4 Å². The second kappa shape index (κ2) is 6.23. The molecule has 0 saturated carbocycles. The normalized spacial score (nSPS) is 31.3. The molecule has 2 heterocycles. The molecule has 2 aliphatic heterocycles. The molecule has 1 amide bonds. The fourth-order valence-electron chi connectivity index (χ4n) is 4.13. The Balaban J connectivity index is 1.36. The van der Waals surface area contributed by atoms with Gasteiger partial charge in [-0.2, -0.15) is 0 Å². The lowest BCUT2D eigenvalue weighted by Crippen LogP contribution is -2.54. The third kappa shape index (κ3) is 2.77. The van der Waals surface area contributed by atoms with Crippen LogP contribution in [0.3, 0.4) is 0 Å². The Kier molecular flexibility index (Phi) is 4.09. The third-order valence-corrected chi connectivity index (χ3v) is 5.47. The van der Waals surface area contributed by atoms with E-state index in [0.29, 0.717) is 6.61 Å². The summed E-state index contributed by atoms with van der Waals surface area (Å²) in [5.41, 5.74) is 2.32. The van der Waals surface area contributed by atoms with Gasteiger partial charge in [-0.1, -0.05) is 24.3 Å². The smallest absolute Gasteiger partial charge is 0.251 e. The summed E-state index contributed by atoms with van der Waals surface area (Å²) in [6, 6.07) is 8.30. The molecule has 4 rings (SSSR count). The molecular weight excluding hydrogens is 292 g/mol. The van der Waals surface area contributed by atoms with Gasteiger partial charge in [-0.25, -0.2) is 0 Å². The van der Waals surface area contributed by atoms with Gasteiger partial charge in [0.1, 0.15) is 6.10 Å². The largest absolute Gasteiger partial charge is 0.387 e. The highest BCUT2D eigenvalue weighted by molar-refractivity contribution is 5.81. The molecule has 23 heavy (non-hydrogen) atoms. The number of amides is 1. The van der Waals surface area contributed by atoms with E-state index in [9.17, 15) is 9.90 Å². The predicted molar refractivity (Wildman–Crippen MR) is 86.0 cm³/mol. The van der Waals surface area contributed by atoms with Crippen molar-refractivity contribution in [2.24, 2.45) is 0 Å². The number of benzene rings is 1. The summed E-state index contributed by atoms with van der Waals surface area (Å²) in [4.78, 5) is 16.7. The Labute approximate surface area is 136 Å². The van der Waals surface area contributed by atoms with E-state index in [4.69, 9.17) is 4.74 Å². The fourth-order valence-corrected chi connectivity index (χ4v) is 4.13. The van der Waals surface area contributed by atoms with Gasteiger partial charge in [-0.3, -0.25) is 9.69 Å². The zero-order valence-electron chi connectivity index (χ0n) is 13.4. The highest BCUT2D eigenvalue weighted by Gasteiger charge is 2.37. The van der Waals surface area contributed by atoms with Crippen molar-refractivity contribution >= 4 is 5.91 Å². The molecule has 124 valence electrons. The minimum absolute atomic E-state index is 0.146. The van der Waals surface area contributed by atoms with Gasteiger partial charge in [-0.15, -0.1) is 0 Å². The van der Waals surface area contributed by atoms with Gasteiger partial charge in [0.05, 0.1) is 6.10 Å². The predicted octanol–water partition coefficient (Wildman–Crippen LogP) is 0.968. The molecule has 0 radical (unpaired) electrons. The number of carbonyl (C=O) groups excluding carboxylic acids is 1. The Bertz CT molecular complexity index is 577. The van der Waals surface area contributed by atoms with Crippen LogP contribution in [0, 0.1) is 0 Å². The lowest BCUT2D eigenvalue weighted by Gasteiger charge is -2.39. The van der Waals surface area contributed by atoms with Gasteiger partial charge < -0.3 is 14.7 Å². The van der Waals surface area contributed by atoms with Gasteiger partial charge in [0.15, 0.2) is 0 Å². The molecule has 0 spiro atoms. The lowest BCUT2D eigenvalue weighted by atomic mass is 10.1. The van der Waals surface area contributed by atoms with Crippen LogP contribution in [0.1, 0.15) is 30.1 Å². The number of carbonyl (C=O) groups is 1. The van der Waals surface area contributed by atoms with Gasteiger partial charge in [0, 0.05) is 38.8 Å². The van der Waals surface area contributed by atoms with Gasteiger partial charge in [0.25, 0.3) is 5.91 Å². The van der Waals surface area contributed by atoms with Crippen LogP contribution in [-0.4, -0.2) is 65.7 Å². The zero-order chi connectivity index (χ0) is 15.8. The van der Waals surface area contributed by atoms with Crippen LogP contribution in [0.2, 0.25) is 0 Å². The number of nitrogens with zero attached hydrogens (tertiary/aromatic N) is 2. The monoisotopic (exact) mass is 316 g/mol. The van der Waals surface area contributed by atoms with Crippen molar-refractivity contribution < 1.29 is 14.6 Å². The summed E-state index contributed by atoms with van der Waals surface area (Å²) in [6.07, 6.45) is 2.12. The number of piperazine rings is 1. The fraction of sp³-hybridized carbons (Fsp3) is 0.611. The number of rotatable bonds is 2. The van der Waals surface area contributed by atoms with E-state index in [1.54, 1.807) is 0 Å². The van der Waals surface area contributed by atoms with Crippen molar-refractivity contribution in [1.29, 1.82) is 0 Å². The van der Waals surface area contributed by atoms with Crippen LogP contribution in [0.15, 0.2) is 24.3 Å². The SMILES string of the molecule is O=C(C1CCCO1)N1CCN(C2Cc3ccccc3C2O)CC1. The van der Waals surface area contributed by atoms with Crippen LogP contribution in [0.4, 0.5) is 0 Å². The first-order valence-electron chi connectivity index (χ1n) is 8.64. The van der Waals surface area contributed by atoms with Crippen molar-refractivity contribution in [3.8, 4) is 0 Å². The maximum atomic E-state index is 12.4. The van der Waals surface area contributed by atoms with Crippen molar-refractivity contribution in [2.45, 2.75) is 37.5 Å². The van der Waals surface area contributed by atoms with E-state index >= 15 is 0 Å². The Morgan fingerprint density at radius 1 is 1.17 bits per heavy atom.